The van der Waals surface area contributed by atoms with Crippen molar-refractivity contribution >= 4 is 34.5 Å². The number of amides is 1. The van der Waals surface area contributed by atoms with Gasteiger partial charge in [-0.1, -0.05) is 18.2 Å². The van der Waals surface area contributed by atoms with Gasteiger partial charge in [0.25, 0.3) is 5.91 Å². The third-order valence-electron chi connectivity index (χ3n) is 4.55. The van der Waals surface area contributed by atoms with Crippen LogP contribution in [0.5, 0.6) is 0 Å². The number of nitrogens with one attached hydrogen (secondary N) is 1. The highest BCUT2D eigenvalue weighted by molar-refractivity contribution is 14.1. The molecule has 132 valence electrons. The Morgan fingerprint density at radius 1 is 1.36 bits per heavy atom. The largest absolute Gasteiger partial charge is 0.465 e. The van der Waals surface area contributed by atoms with Gasteiger partial charge < -0.3 is 14.6 Å². The zero-order valence-corrected chi connectivity index (χ0v) is 16.6. The molecule has 1 aliphatic rings. The number of carbonyl (C=O) groups excluding carboxylic acids is 2. The van der Waals surface area contributed by atoms with Crippen molar-refractivity contribution in [1.82, 2.24) is 9.88 Å². The third kappa shape index (κ3) is 3.58. The maximum atomic E-state index is 12.5. The Labute approximate surface area is 160 Å². The summed E-state index contributed by atoms with van der Waals surface area (Å²) in [6.07, 6.45) is 1.41. The number of fused-ring (bicyclic) bond motifs is 1. The van der Waals surface area contributed by atoms with Crippen molar-refractivity contribution in [3.63, 3.8) is 0 Å². The second-order valence-corrected chi connectivity index (χ2v) is 7.21. The van der Waals surface area contributed by atoms with Crippen LogP contribution in [0, 0.1) is 10.5 Å². The van der Waals surface area contributed by atoms with E-state index in [1.165, 1.54) is 9.13 Å². The molecule has 0 saturated carbocycles. The van der Waals surface area contributed by atoms with Crippen LogP contribution in [-0.2, 0) is 28.9 Å². The van der Waals surface area contributed by atoms with E-state index in [1.54, 1.807) is 6.92 Å². The van der Waals surface area contributed by atoms with Crippen LogP contribution >= 0.6 is 22.6 Å². The maximum Gasteiger partial charge on any atom is 0.325 e. The highest BCUT2D eigenvalue weighted by Crippen LogP contribution is 2.29. The molecule has 0 spiro atoms. The van der Waals surface area contributed by atoms with Crippen LogP contribution < -0.4 is 5.32 Å². The van der Waals surface area contributed by atoms with E-state index in [2.05, 4.69) is 40.0 Å². The van der Waals surface area contributed by atoms with Crippen molar-refractivity contribution in [3.8, 4) is 0 Å². The Balaban J connectivity index is 2.05. The SMILES string of the molecule is CCOC(=O)Cn1c(C)c(Cc2ccccc2I)c2c1CCNC2=O. The molecule has 0 fully saturated rings. The summed E-state index contributed by atoms with van der Waals surface area (Å²) in [5.41, 5.74) is 4.82. The lowest BCUT2D eigenvalue weighted by Crippen LogP contribution is -2.33. The molecule has 5 nitrogen and oxygen atoms in total. The number of hydrogen-bond donors (Lipinski definition) is 1. The number of esters is 1. The number of nitrogens with zero attached hydrogens (tertiary/aromatic N) is 1. The van der Waals surface area contributed by atoms with Gasteiger partial charge in [-0.25, -0.2) is 0 Å². The molecule has 1 aromatic carbocycles. The van der Waals surface area contributed by atoms with Crippen LogP contribution in [0.4, 0.5) is 0 Å². The summed E-state index contributed by atoms with van der Waals surface area (Å²) in [4.78, 5) is 24.5. The molecule has 0 aliphatic carbocycles. The van der Waals surface area contributed by atoms with Crippen molar-refractivity contribution < 1.29 is 14.3 Å². The lowest BCUT2D eigenvalue weighted by atomic mass is 9.97. The number of hydrogen-bond acceptors (Lipinski definition) is 3. The van der Waals surface area contributed by atoms with Gasteiger partial charge in [0.15, 0.2) is 0 Å². The van der Waals surface area contributed by atoms with Gasteiger partial charge in [-0.05, 0) is 53.6 Å². The number of halogens is 1. The average Bonchev–Trinajstić information content (AvgIpc) is 2.84. The van der Waals surface area contributed by atoms with Crippen molar-refractivity contribution in [2.75, 3.05) is 13.2 Å². The number of benzene rings is 1. The van der Waals surface area contributed by atoms with Gasteiger partial charge in [0, 0.05) is 34.3 Å². The van der Waals surface area contributed by atoms with Gasteiger partial charge in [0.2, 0.25) is 0 Å². The van der Waals surface area contributed by atoms with E-state index in [4.69, 9.17) is 4.74 Å². The monoisotopic (exact) mass is 452 g/mol. The van der Waals surface area contributed by atoms with Crippen molar-refractivity contribution in [2.45, 2.75) is 33.2 Å². The first-order valence-electron chi connectivity index (χ1n) is 8.41. The Bertz CT molecular complexity index is 826. The minimum Gasteiger partial charge on any atom is -0.465 e. The fourth-order valence-electron chi connectivity index (χ4n) is 3.36. The quantitative estimate of drug-likeness (QED) is 0.561. The van der Waals surface area contributed by atoms with Gasteiger partial charge in [0.05, 0.1) is 12.2 Å². The summed E-state index contributed by atoms with van der Waals surface area (Å²) in [5.74, 6) is -0.317. The second-order valence-electron chi connectivity index (χ2n) is 6.05. The molecule has 1 N–H and O–H groups in total. The summed E-state index contributed by atoms with van der Waals surface area (Å²) >= 11 is 2.32. The fourth-order valence-corrected chi connectivity index (χ4v) is 3.94. The topological polar surface area (TPSA) is 60.3 Å². The van der Waals surface area contributed by atoms with Crippen LogP contribution in [0.25, 0.3) is 0 Å². The van der Waals surface area contributed by atoms with E-state index in [0.717, 1.165) is 28.9 Å². The molecule has 0 atom stereocenters. The molecule has 6 heteroatoms. The fraction of sp³-hybridized carbons (Fsp3) is 0.368. The molecular formula is C19H21IN2O3. The van der Waals surface area contributed by atoms with Gasteiger partial charge >= 0.3 is 5.97 Å². The lowest BCUT2D eigenvalue weighted by Gasteiger charge is -2.17. The summed E-state index contributed by atoms with van der Waals surface area (Å²) < 4.78 is 8.23. The Morgan fingerprint density at radius 3 is 2.84 bits per heavy atom. The highest BCUT2D eigenvalue weighted by Gasteiger charge is 2.29. The minimum absolute atomic E-state index is 0.0482. The summed E-state index contributed by atoms with van der Waals surface area (Å²) in [5, 5.41) is 2.93. The Morgan fingerprint density at radius 2 is 2.12 bits per heavy atom. The molecule has 0 unspecified atom stereocenters. The first kappa shape index (κ1) is 18.0. The van der Waals surface area contributed by atoms with Crippen LogP contribution in [0.1, 0.15) is 39.8 Å². The van der Waals surface area contributed by atoms with Crippen LogP contribution in [0.3, 0.4) is 0 Å². The number of ether oxygens (including phenoxy) is 1. The van der Waals surface area contributed by atoms with E-state index in [1.807, 2.05) is 23.6 Å². The third-order valence-corrected chi connectivity index (χ3v) is 5.60. The van der Waals surface area contributed by atoms with E-state index in [-0.39, 0.29) is 18.4 Å². The first-order chi connectivity index (χ1) is 12.0. The average molecular weight is 452 g/mol. The van der Waals surface area contributed by atoms with Gasteiger partial charge in [0.1, 0.15) is 6.54 Å². The normalized spacial score (nSPS) is 13.3. The van der Waals surface area contributed by atoms with E-state index in [0.29, 0.717) is 19.6 Å². The molecular weight excluding hydrogens is 431 g/mol. The molecule has 2 heterocycles. The predicted molar refractivity (Wildman–Crippen MR) is 104 cm³/mol. The maximum absolute atomic E-state index is 12.5. The molecule has 0 radical (unpaired) electrons. The Kier molecular flexibility index (Phi) is 5.46. The molecule has 2 aromatic rings. The number of carbonyl (C=O) groups is 2. The van der Waals surface area contributed by atoms with E-state index >= 15 is 0 Å². The molecule has 1 amide bonds. The van der Waals surface area contributed by atoms with Crippen molar-refractivity contribution in [3.05, 3.63) is 55.9 Å². The number of aromatic nitrogens is 1. The van der Waals surface area contributed by atoms with Crippen LogP contribution in [-0.4, -0.2) is 29.6 Å². The summed E-state index contributed by atoms with van der Waals surface area (Å²) in [6, 6.07) is 8.16. The molecule has 3 rings (SSSR count). The van der Waals surface area contributed by atoms with E-state index in [9.17, 15) is 9.59 Å². The van der Waals surface area contributed by atoms with Gasteiger partial charge in [-0.3, -0.25) is 9.59 Å². The van der Waals surface area contributed by atoms with Crippen molar-refractivity contribution in [1.29, 1.82) is 0 Å². The Hall–Kier alpha value is -1.83. The number of rotatable bonds is 5. The lowest BCUT2D eigenvalue weighted by molar-refractivity contribution is -0.143. The van der Waals surface area contributed by atoms with Gasteiger partial charge in [-0.15, -0.1) is 0 Å². The smallest absolute Gasteiger partial charge is 0.325 e. The first-order valence-corrected chi connectivity index (χ1v) is 9.48. The standard InChI is InChI=1S/C19H21IN2O3/c1-3-25-17(23)11-22-12(2)14(10-13-6-4-5-7-15(13)20)18-16(22)8-9-21-19(18)24/h4-7H,3,8-11H2,1-2H3,(H,21,24). The minimum atomic E-state index is -0.268. The zero-order chi connectivity index (χ0) is 18.0. The van der Waals surface area contributed by atoms with Gasteiger partial charge in [-0.2, -0.15) is 0 Å². The van der Waals surface area contributed by atoms with E-state index < -0.39 is 0 Å². The molecule has 1 aliphatic heterocycles. The zero-order valence-electron chi connectivity index (χ0n) is 14.4. The molecule has 25 heavy (non-hydrogen) atoms. The molecule has 0 saturated heterocycles. The summed E-state index contributed by atoms with van der Waals surface area (Å²) in [6.45, 7) is 4.89. The highest BCUT2D eigenvalue weighted by atomic mass is 127. The predicted octanol–water partition coefficient (Wildman–Crippen LogP) is 2.84. The molecule has 0 bridgehead atoms. The van der Waals surface area contributed by atoms with Crippen molar-refractivity contribution in [2.24, 2.45) is 0 Å². The second kappa shape index (κ2) is 7.59. The van der Waals surface area contributed by atoms with Crippen LogP contribution in [0.2, 0.25) is 0 Å². The summed E-state index contributed by atoms with van der Waals surface area (Å²) in [7, 11) is 0. The van der Waals surface area contributed by atoms with Crippen LogP contribution in [0.15, 0.2) is 24.3 Å². The molecule has 1 aromatic heterocycles.